The van der Waals surface area contributed by atoms with Gasteiger partial charge in [0.2, 0.25) is 11.8 Å². The number of amides is 2. The Morgan fingerprint density at radius 2 is 1.77 bits per heavy atom. The van der Waals surface area contributed by atoms with Gasteiger partial charge < -0.3 is 16.4 Å². The standard InChI is InChI=1S/C15H23N3O2S.ClH/c1-11-3-5-13(6-4-11)18-15(20)10-21-9-14(19)17-8-12(2)7-16;/h3-6,12H,7-10,16H2,1-2H3,(H,17,19)(H,18,20);1H. The monoisotopic (exact) mass is 345 g/mol. The smallest absolute Gasteiger partial charge is 0.234 e. The minimum absolute atomic E-state index is 0. The van der Waals surface area contributed by atoms with E-state index in [0.29, 0.717) is 13.1 Å². The van der Waals surface area contributed by atoms with Crippen molar-refractivity contribution in [1.82, 2.24) is 5.32 Å². The van der Waals surface area contributed by atoms with Crippen LogP contribution >= 0.6 is 24.2 Å². The van der Waals surface area contributed by atoms with Crippen molar-refractivity contribution in [3.05, 3.63) is 29.8 Å². The maximum absolute atomic E-state index is 11.7. The molecule has 0 saturated heterocycles. The van der Waals surface area contributed by atoms with Crippen LogP contribution in [0.15, 0.2) is 24.3 Å². The molecule has 0 spiro atoms. The third-order valence-corrected chi connectivity index (χ3v) is 3.78. The predicted molar refractivity (Wildman–Crippen MR) is 95.6 cm³/mol. The number of carbonyl (C=O) groups excluding carboxylic acids is 2. The lowest BCUT2D eigenvalue weighted by Crippen LogP contribution is -2.32. The molecule has 0 radical (unpaired) electrons. The Hall–Kier alpha value is -1.24. The zero-order valence-corrected chi connectivity index (χ0v) is 14.6. The van der Waals surface area contributed by atoms with Crippen molar-refractivity contribution >= 4 is 41.7 Å². The van der Waals surface area contributed by atoms with Crippen LogP contribution in [-0.4, -0.2) is 36.4 Å². The Kier molecular flexibility index (Phi) is 10.7. The number of halogens is 1. The average molecular weight is 346 g/mol. The molecule has 1 aromatic rings. The Bertz CT molecular complexity index is 468. The maximum Gasteiger partial charge on any atom is 0.234 e. The van der Waals surface area contributed by atoms with E-state index in [0.717, 1.165) is 11.3 Å². The molecule has 4 N–H and O–H groups in total. The van der Waals surface area contributed by atoms with E-state index >= 15 is 0 Å². The second kappa shape index (κ2) is 11.3. The quantitative estimate of drug-likeness (QED) is 0.670. The number of carbonyl (C=O) groups is 2. The lowest BCUT2D eigenvalue weighted by Gasteiger charge is -2.10. The molecule has 1 unspecified atom stereocenters. The number of rotatable bonds is 8. The van der Waals surface area contributed by atoms with Crippen LogP contribution in [-0.2, 0) is 9.59 Å². The van der Waals surface area contributed by atoms with Crippen molar-refractivity contribution in [3.63, 3.8) is 0 Å². The molecule has 5 nitrogen and oxygen atoms in total. The zero-order valence-electron chi connectivity index (χ0n) is 12.9. The van der Waals surface area contributed by atoms with Crippen LogP contribution in [0.5, 0.6) is 0 Å². The Labute approximate surface area is 142 Å². The van der Waals surface area contributed by atoms with Crippen molar-refractivity contribution in [1.29, 1.82) is 0 Å². The average Bonchev–Trinajstić information content (AvgIpc) is 2.47. The van der Waals surface area contributed by atoms with Gasteiger partial charge in [-0.3, -0.25) is 9.59 Å². The highest BCUT2D eigenvalue weighted by atomic mass is 35.5. The molecule has 2 amide bonds. The van der Waals surface area contributed by atoms with Crippen molar-refractivity contribution in [2.75, 3.05) is 29.9 Å². The fourth-order valence-electron chi connectivity index (χ4n) is 1.49. The number of nitrogens with two attached hydrogens (primary N) is 1. The Balaban J connectivity index is 0.00000441. The van der Waals surface area contributed by atoms with E-state index < -0.39 is 0 Å². The minimum atomic E-state index is -0.105. The van der Waals surface area contributed by atoms with Gasteiger partial charge in [0.25, 0.3) is 0 Å². The molecule has 1 aromatic carbocycles. The van der Waals surface area contributed by atoms with Gasteiger partial charge in [-0.05, 0) is 31.5 Å². The van der Waals surface area contributed by atoms with Crippen LogP contribution in [0.4, 0.5) is 5.69 Å². The van der Waals surface area contributed by atoms with Crippen LogP contribution in [0.25, 0.3) is 0 Å². The molecule has 0 fully saturated rings. The summed E-state index contributed by atoms with van der Waals surface area (Å²) in [5, 5.41) is 5.59. The third-order valence-electron chi connectivity index (χ3n) is 2.85. The number of aryl methyl sites for hydroxylation is 1. The third kappa shape index (κ3) is 8.92. The first-order valence-corrected chi connectivity index (χ1v) is 8.07. The summed E-state index contributed by atoms with van der Waals surface area (Å²) < 4.78 is 0. The molecule has 22 heavy (non-hydrogen) atoms. The lowest BCUT2D eigenvalue weighted by atomic mass is 10.2. The first kappa shape index (κ1) is 20.8. The molecular weight excluding hydrogens is 322 g/mol. The van der Waals surface area contributed by atoms with E-state index in [-0.39, 0.29) is 41.6 Å². The van der Waals surface area contributed by atoms with Crippen LogP contribution in [0.2, 0.25) is 0 Å². The highest BCUT2D eigenvalue weighted by Crippen LogP contribution is 2.09. The molecule has 124 valence electrons. The molecule has 7 heteroatoms. The first-order valence-electron chi connectivity index (χ1n) is 6.92. The molecule has 0 bridgehead atoms. The molecule has 0 heterocycles. The van der Waals surface area contributed by atoms with Gasteiger partial charge in [-0.15, -0.1) is 24.2 Å². The van der Waals surface area contributed by atoms with Crippen molar-refractivity contribution in [3.8, 4) is 0 Å². The van der Waals surface area contributed by atoms with Crippen LogP contribution < -0.4 is 16.4 Å². The lowest BCUT2D eigenvalue weighted by molar-refractivity contribution is -0.118. The second-order valence-corrected chi connectivity index (χ2v) is 6.04. The van der Waals surface area contributed by atoms with Gasteiger partial charge in [-0.25, -0.2) is 0 Å². The van der Waals surface area contributed by atoms with Crippen LogP contribution in [0, 0.1) is 12.8 Å². The van der Waals surface area contributed by atoms with Crippen molar-refractivity contribution < 1.29 is 9.59 Å². The van der Waals surface area contributed by atoms with E-state index in [1.54, 1.807) is 0 Å². The summed E-state index contributed by atoms with van der Waals surface area (Å²) >= 11 is 1.30. The highest BCUT2D eigenvalue weighted by molar-refractivity contribution is 8.00. The van der Waals surface area contributed by atoms with Gasteiger partial charge in [0.1, 0.15) is 0 Å². The summed E-state index contributed by atoms with van der Waals surface area (Å²) in [6.45, 7) is 5.09. The van der Waals surface area contributed by atoms with Gasteiger partial charge in [0.05, 0.1) is 11.5 Å². The van der Waals surface area contributed by atoms with Gasteiger partial charge in [0.15, 0.2) is 0 Å². The summed E-state index contributed by atoms with van der Waals surface area (Å²) in [5.74, 6) is 0.631. The van der Waals surface area contributed by atoms with Crippen LogP contribution in [0.3, 0.4) is 0 Å². The minimum Gasteiger partial charge on any atom is -0.355 e. The van der Waals surface area contributed by atoms with Gasteiger partial charge >= 0.3 is 0 Å². The largest absolute Gasteiger partial charge is 0.355 e. The first-order chi connectivity index (χ1) is 10.0. The predicted octanol–water partition coefficient (Wildman–Crippen LogP) is 1.80. The SMILES string of the molecule is Cc1ccc(NC(=O)CSCC(=O)NCC(C)CN)cc1.Cl. The van der Waals surface area contributed by atoms with E-state index in [1.165, 1.54) is 11.8 Å². The van der Waals surface area contributed by atoms with Crippen molar-refractivity contribution in [2.24, 2.45) is 11.7 Å². The Morgan fingerprint density at radius 3 is 2.36 bits per heavy atom. The fraction of sp³-hybridized carbons (Fsp3) is 0.467. The number of hydrogen-bond acceptors (Lipinski definition) is 4. The molecule has 0 aromatic heterocycles. The maximum atomic E-state index is 11.7. The van der Waals surface area contributed by atoms with Gasteiger partial charge in [-0.2, -0.15) is 0 Å². The van der Waals surface area contributed by atoms with Crippen molar-refractivity contribution in [2.45, 2.75) is 13.8 Å². The number of hydrogen-bond donors (Lipinski definition) is 3. The summed E-state index contributed by atoms with van der Waals surface area (Å²) in [5.41, 5.74) is 7.39. The number of anilines is 1. The normalized spacial score (nSPS) is 11.2. The summed E-state index contributed by atoms with van der Waals surface area (Å²) in [6.07, 6.45) is 0. The Morgan fingerprint density at radius 1 is 1.18 bits per heavy atom. The molecular formula is C15H24ClN3O2S. The summed E-state index contributed by atoms with van der Waals surface area (Å²) in [4.78, 5) is 23.2. The topological polar surface area (TPSA) is 84.2 Å². The highest BCUT2D eigenvalue weighted by Gasteiger charge is 2.07. The zero-order chi connectivity index (χ0) is 15.7. The fourth-order valence-corrected chi connectivity index (χ4v) is 2.14. The number of nitrogens with one attached hydrogen (secondary N) is 2. The molecule has 1 rings (SSSR count). The molecule has 0 saturated carbocycles. The van der Waals surface area contributed by atoms with E-state index in [9.17, 15) is 9.59 Å². The van der Waals surface area contributed by atoms with Gasteiger partial charge in [0, 0.05) is 12.2 Å². The molecule has 0 aliphatic rings. The van der Waals surface area contributed by atoms with Crippen LogP contribution in [0.1, 0.15) is 12.5 Å². The number of thioether (sulfide) groups is 1. The summed E-state index contributed by atoms with van der Waals surface area (Å²) in [6, 6.07) is 7.60. The molecule has 1 atom stereocenters. The van der Waals surface area contributed by atoms with Gasteiger partial charge in [-0.1, -0.05) is 24.6 Å². The van der Waals surface area contributed by atoms with E-state index in [2.05, 4.69) is 10.6 Å². The summed E-state index contributed by atoms with van der Waals surface area (Å²) in [7, 11) is 0. The second-order valence-electron chi connectivity index (χ2n) is 5.05. The molecule has 0 aliphatic carbocycles. The number of benzene rings is 1. The molecule has 0 aliphatic heterocycles. The van der Waals surface area contributed by atoms with E-state index in [1.807, 2.05) is 38.1 Å². The van der Waals surface area contributed by atoms with E-state index in [4.69, 9.17) is 5.73 Å².